The van der Waals surface area contributed by atoms with Gasteiger partial charge in [0.05, 0.1) is 5.69 Å². The topological polar surface area (TPSA) is 44.4 Å². The number of hydrogen-bond donors (Lipinski definition) is 2. The Labute approximate surface area is 125 Å². The molecule has 0 unspecified atom stereocenters. The number of halogens is 1. The zero-order valence-corrected chi connectivity index (χ0v) is 12.8. The molecule has 2 N–H and O–H groups in total. The Kier molecular flexibility index (Phi) is 5.42. The van der Waals surface area contributed by atoms with Crippen LogP contribution >= 0.6 is 0 Å². The van der Waals surface area contributed by atoms with E-state index in [0.29, 0.717) is 23.8 Å². The van der Waals surface area contributed by atoms with Crippen LogP contribution in [0.25, 0.3) is 0 Å². The summed E-state index contributed by atoms with van der Waals surface area (Å²) in [4.78, 5) is 13.7. The molecule has 0 radical (unpaired) electrons. The minimum atomic E-state index is -0.288. The number of amides is 2. The number of hydrogen-bond acceptors (Lipinski definition) is 2. The molecule has 0 aromatic heterocycles. The molecule has 0 bridgehead atoms. The van der Waals surface area contributed by atoms with Gasteiger partial charge in [-0.1, -0.05) is 13.8 Å². The monoisotopic (exact) mass is 293 g/mol. The number of anilines is 2. The molecule has 1 heterocycles. The zero-order chi connectivity index (χ0) is 15.2. The Hall–Kier alpha value is -1.78. The molecular formula is C16H24FN3O. The molecule has 21 heavy (non-hydrogen) atoms. The van der Waals surface area contributed by atoms with Crippen LogP contribution in [0.5, 0.6) is 0 Å². The highest BCUT2D eigenvalue weighted by molar-refractivity contribution is 5.89. The molecule has 2 amide bonds. The SMILES string of the molecule is CC(C)CCNC(=O)Nc1ccc(N2CCCC2)c(F)c1. The fraction of sp³-hybridized carbons (Fsp3) is 0.562. The van der Waals surface area contributed by atoms with E-state index in [1.807, 2.05) is 4.90 Å². The predicted octanol–water partition coefficient (Wildman–Crippen LogP) is 3.59. The lowest BCUT2D eigenvalue weighted by Gasteiger charge is -2.19. The molecule has 2 rings (SSSR count). The van der Waals surface area contributed by atoms with Gasteiger partial charge in [0.2, 0.25) is 0 Å². The normalized spacial score (nSPS) is 14.6. The summed E-state index contributed by atoms with van der Waals surface area (Å²) in [6.07, 6.45) is 3.14. The third-order valence-corrected chi connectivity index (χ3v) is 3.66. The summed E-state index contributed by atoms with van der Waals surface area (Å²) in [5, 5.41) is 5.43. The van der Waals surface area contributed by atoms with Crippen LogP contribution in [-0.4, -0.2) is 25.7 Å². The van der Waals surface area contributed by atoms with E-state index in [1.165, 1.54) is 6.07 Å². The van der Waals surface area contributed by atoms with E-state index in [2.05, 4.69) is 24.5 Å². The van der Waals surface area contributed by atoms with Gasteiger partial charge in [-0.15, -0.1) is 0 Å². The number of nitrogens with zero attached hydrogens (tertiary/aromatic N) is 1. The standard InChI is InChI=1S/C16H24FN3O/c1-12(2)7-8-18-16(21)19-13-5-6-15(14(17)11-13)20-9-3-4-10-20/h5-6,11-12H,3-4,7-10H2,1-2H3,(H2,18,19,21). The third kappa shape index (κ3) is 4.62. The number of benzene rings is 1. The van der Waals surface area contributed by atoms with Crippen molar-refractivity contribution in [1.82, 2.24) is 5.32 Å². The molecule has 1 fully saturated rings. The molecule has 1 aromatic rings. The molecule has 116 valence electrons. The number of urea groups is 1. The molecule has 0 saturated carbocycles. The van der Waals surface area contributed by atoms with Crippen LogP contribution in [0.1, 0.15) is 33.1 Å². The van der Waals surface area contributed by atoms with Gasteiger partial charge in [-0.05, 0) is 43.4 Å². The van der Waals surface area contributed by atoms with Crippen LogP contribution in [0.15, 0.2) is 18.2 Å². The molecule has 1 aromatic carbocycles. The average molecular weight is 293 g/mol. The van der Waals surface area contributed by atoms with Crippen molar-refractivity contribution >= 4 is 17.4 Å². The zero-order valence-electron chi connectivity index (χ0n) is 12.8. The van der Waals surface area contributed by atoms with Gasteiger partial charge in [-0.2, -0.15) is 0 Å². The molecule has 5 heteroatoms. The van der Waals surface area contributed by atoms with E-state index in [-0.39, 0.29) is 11.8 Å². The molecule has 1 aliphatic heterocycles. The van der Waals surface area contributed by atoms with Crippen molar-refractivity contribution in [2.24, 2.45) is 5.92 Å². The van der Waals surface area contributed by atoms with E-state index < -0.39 is 0 Å². The second-order valence-electron chi connectivity index (χ2n) is 5.92. The van der Waals surface area contributed by atoms with Gasteiger partial charge in [0.1, 0.15) is 5.82 Å². The Bertz CT molecular complexity index is 484. The predicted molar refractivity (Wildman–Crippen MR) is 84.3 cm³/mol. The van der Waals surface area contributed by atoms with Gasteiger partial charge in [0, 0.05) is 25.3 Å². The largest absolute Gasteiger partial charge is 0.369 e. The fourth-order valence-electron chi connectivity index (χ4n) is 2.45. The molecule has 1 aliphatic rings. The van der Waals surface area contributed by atoms with Crippen molar-refractivity contribution in [1.29, 1.82) is 0 Å². The van der Waals surface area contributed by atoms with Crippen LogP contribution in [0.4, 0.5) is 20.6 Å². The highest BCUT2D eigenvalue weighted by Gasteiger charge is 2.16. The van der Waals surface area contributed by atoms with E-state index in [9.17, 15) is 9.18 Å². The molecule has 0 spiro atoms. The highest BCUT2D eigenvalue weighted by atomic mass is 19.1. The first kappa shape index (κ1) is 15.6. The van der Waals surface area contributed by atoms with Gasteiger partial charge in [0.25, 0.3) is 0 Å². The lowest BCUT2D eigenvalue weighted by Crippen LogP contribution is -2.30. The Morgan fingerprint density at radius 2 is 2.05 bits per heavy atom. The third-order valence-electron chi connectivity index (χ3n) is 3.66. The van der Waals surface area contributed by atoms with Crippen molar-refractivity contribution < 1.29 is 9.18 Å². The van der Waals surface area contributed by atoms with Crippen molar-refractivity contribution in [3.8, 4) is 0 Å². The summed E-state index contributed by atoms with van der Waals surface area (Å²) in [5.41, 5.74) is 1.11. The smallest absolute Gasteiger partial charge is 0.319 e. The second-order valence-corrected chi connectivity index (χ2v) is 5.92. The first-order valence-corrected chi connectivity index (χ1v) is 7.65. The van der Waals surface area contributed by atoms with Crippen LogP contribution in [0, 0.1) is 11.7 Å². The van der Waals surface area contributed by atoms with Gasteiger partial charge >= 0.3 is 6.03 Å². The maximum absolute atomic E-state index is 14.1. The van der Waals surface area contributed by atoms with Crippen molar-refractivity contribution in [2.75, 3.05) is 29.9 Å². The summed E-state index contributed by atoms with van der Waals surface area (Å²) in [6, 6.07) is 4.59. The molecule has 1 saturated heterocycles. The summed E-state index contributed by atoms with van der Waals surface area (Å²) in [5.74, 6) is 0.263. The lowest BCUT2D eigenvalue weighted by atomic mass is 10.1. The fourth-order valence-corrected chi connectivity index (χ4v) is 2.45. The van der Waals surface area contributed by atoms with Gasteiger partial charge < -0.3 is 15.5 Å². The second kappa shape index (κ2) is 7.29. The van der Waals surface area contributed by atoms with Crippen LogP contribution < -0.4 is 15.5 Å². The Morgan fingerprint density at radius 3 is 2.67 bits per heavy atom. The number of carbonyl (C=O) groups excluding carboxylic acids is 1. The maximum Gasteiger partial charge on any atom is 0.319 e. The first-order valence-electron chi connectivity index (χ1n) is 7.65. The van der Waals surface area contributed by atoms with Crippen molar-refractivity contribution in [2.45, 2.75) is 33.1 Å². The molecule has 0 aliphatic carbocycles. The highest BCUT2D eigenvalue weighted by Crippen LogP contribution is 2.25. The Morgan fingerprint density at radius 1 is 1.33 bits per heavy atom. The van der Waals surface area contributed by atoms with Crippen molar-refractivity contribution in [3.63, 3.8) is 0 Å². The summed E-state index contributed by atoms with van der Waals surface area (Å²) >= 11 is 0. The summed E-state index contributed by atoms with van der Waals surface area (Å²) < 4.78 is 14.1. The van der Waals surface area contributed by atoms with Gasteiger partial charge in [-0.3, -0.25) is 0 Å². The Balaban J connectivity index is 1.89. The first-order chi connectivity index (χ1) is 10.1. The van der Waals surface area contributed by atoms with Crippen LogP contribution in [0.3, 0.4) is 0 Å². The quantitative estimate of drug-likeness (QED) is 0.871. The van der Waals surface area contributed by atoms with Crippen LogP contribution in [-0.2, 0) is 0 Å². The maximum atomic E-state index is 14.1. The lowest BCUT2D eigenvalue weighted by molar-refractivity contribution is 0.251. The van der Waals surface area contributed by atoms with Gasteiger partial charge in [-0.25, -0.2) is 9.18 Å². The molecule has 4 nitrogen and oxygen atoms in total. The average Bonchev–Trinajstić information content (AvgIpc) is 2.92. The van der Waals surface area contributed by atoms with E-state index in [4.69, 9.17) is 0 Å². The van der Waals surface area contributed by atoms with E-state index >= 15 is 0 Å². The molecule has 0 atom stereocenters. The minimum absolute atomic E-state index is 0.281. The summed E-state index contributed by atoms with van der Waals surface area (Å²) in [6.45, 7) is 6.63. The van der Waals surface area contributed by atoms with Gasteiger partial charge in [0.15, 0.2) is 0 Å². The molecular weight excluding hydrogens is 269 g/mol. The summed E-state index contributed by atoms with van der Waals surface area (Å²) in [7, 11) is 0. The number of rotatable bonds is 5. The number of nitrogens with one attached hydrogen (secondary N) is 2. The van der Waals surface area contributed by atoms with Crippen LogP contribution in [0.2, 0.25) is 0 Å². The number of carbonyl (C=O) groups is 1. The van der Waals surface area contributed by atoms with E-state index in [1.54, 1.807) is 12.1 Å². The van der Waals surface area contributed by atoms with E-state index in [0.717, 1.165) is 32.4 Å². The van der Waals surface area contributed by atoms with Crippen molar-refractivity contribution in [3.05, 3.63) is 24.0 Å². The minimum Gasteiger partial charge on any atom is -0.369 e.